The van der Waals surface area contributed by atoms with Gasteiger partial charge in [0, 0.05) is 28.8 Å². The molecule has 172 valence electrons. The lowest BCUT2D eigenvalue weighted by Crippen LogP contribution is -2.04. The van der Waals surface area contributed by atoms with E-state index in [1.807, 2.05) is 41.0 Å². The van der Waals surface area contributed by atoms with Gasteiger partial charge >= 0.3 is 5.63 Å². The number of halogens is 1. The first kappa shape index (κ1) is 22.1. The summed E-state index contributed by atoms with van der Waals surface area (Å²) in [5.41, 5.74) is 1.30. The number of hydrogen-bond acceptors (Lipinski definition) is 8. The van der Waals surface area contributed by atoms with Crippen LogP contribution in [0.3, 0.4) is 0 Å². The molecule has 3 heterocycles. The van der Waals surface area contributed by atoms with Crippen molar-refractivity contribution in [1.82, 2.24) is 14.8 Å². The summed E-state index contributed by atoms with van der Waals surface area (Å²) in [5.74, 6) is 2.37. The molecule has 5 rings (SSSR count). The number of rotatable bonds is 7. The first-order valence-corrected chi connectivity index (χ1v) is 11.6. The van der Waals surface area contributed by atoms with Crippen LogP contribution in [0.1, 0.15) is 11.3 Å². The Morgan fingerprint density at radius 1 is 1.15 bits per heavy atom. The van der Waals surface area contributed by atoms with Crippen LogP contribution in [-0.4, -0.2) is 27.0 Å². The summed E-state index contributed by atoms with van der Waals surface area (Å²) < 4.78 is 18.1. The Morgan fingerprint density at radius 3 is 2.82 bits per heavy atom. The van der Waals surface area contributed by atoms with Gasteiger partial charge in [0.05, 0.1) is 24.9 Å². The van der Waals surface area contributed by atoms with E-state index in [1.54, 1.807) is 19.4 Å². The van der Waals surface area contributed by atoms with Crippen molar-refractivity contribution in [1.29, 1.82) is 0 Å². The molecule has 0 radical (unpaired) electrons. The van der Waals surface area contributed by atoms with Gasteiger partial charge in [0.25, 0.3) is 0 Å². The van der Waals surface area contributed by atoms with E-state index in [2.05, 4.69) is 10.2 Å². The maximum atomic E-state index is 12.1. The number of phenolic OH excluding ortho intramolecular Hbond substituents is 1. The third kappa shape index (κ3) is 4.40. The lowest BCUT2D eigenvalue weighted by Gasteiger charge is -2.10. The van der Waals surface area contributed by atoms with Gasteiger partial charge in [-0.25, -0.2) is 4.79 Å². The maximum Gasteiger partial charge on any atom is 0.336 e. The van der Waals surface area contributed by atoms with Gasteiger partial charge in [-0.3, -0.25) is 4.57 Å². The first-order chi connectivity index (χ1) is 16.5. The molecule has 0 saturated carbocycles. The molecule has 10 heteroatoms. The number of benzene rings is 2. The van der Waals surface area contributed by atoms with E-state index in [4.69, 9.17) is 25.2 Å². The number of hydrogen-bond donors (Lipinski definition) is 1. The average Bonchev–Trinajstić information content (AvgIpc) is 3.49. The molecule has 0 saturated heterocycles. The Bertz CT molecular complexity index is 1530. The summed E-state index contributed by atoms with van der Waals surface area (Å²) in [5, 5.41) is 20.2. The van der Waals surface area contributed by atoms with Gasteiger partial charge in [0.2, 0.25) is 0 Å². The number of nitrogens with zero attached hydrogens (tertiary/aromatic N) is 3. The second-order valence-electron chi connectivity index (χ2n) is 7.38. The smallest absolute Gasteiger partial charge is 0.336 e. The summed E-state index contributed by atoms with van der Waals surface area (Å²) in [6.45, 7) is 0.423. The number of thioether (sulfide) groups is 1. The Morgan fingerprint density at radius 2 is 2.03 bits per heavy atom. The molecule has 0 spiro atoms. The normalized spacial score (nSPS) is 11.2. The summed E-state index contributed by atoms with van der Waals surface area (Å²) in [6, 6.07) is 15.6. The summed E-state index contributed by atoms with van der Waals surface area (Å²) in [7, 11) is 1.61. The zero-order valence-corrected chi connectivity index (χ0v) is 19.5. The quantitative estimate of drug-likeness (QED) is 0.238. The van der Waals surface area contributed by atoms with Crippen molar-refractivity contribution in [3.8, 4) is 22.9 Å². The highest BCUT2D eigenvalue weighted by molar-refractivity contribution is 7.98. The van der Waals surface area contributed by atoms with E-state index < -0.39 is 5.63 Å². The first-order valence-electron chi connectivity index (χ1n) is 10.2. The van der Waals surface area contributed by atoms with Gasteiger partial charge < -0.3 is 18.7 Å². The Hall–Kier alpha value is -3.69. The van der Waals surface area contributed by atoms with Crippen molar-refractivity contribution in [3.63, 3.8) is 0 Å². The zero-order chi connectivity index (χ0) is 23.7. The molecular weight excluding hydrogens is 478 g/mol. The van der Waals surface area contributed by atoms with Crippen LogP contribution in [0, 0.1) is 0 Å². The van der Waals surface area contributed by atoms with Crippen molar-refractivity contribution in [2.75, 3.05) is 7.11 Å². The molecule has 0 unspecified atom stereocenters. The SMILES string of the molecule is COc1cccc(-c2nnc(SCc3cc(=O)oc4cc(O)c(Cl)cc34)n2Cc2ccco2)c1. The molecule has 0 bridgehead atoms. The molecule has 0 fully saturated rings. The maximum absolute atomic E-state index is 12.1. The van der Waals surface area contributed by atoms with E-state index in [1.165, 1.54) is 23.9 Å². The lowest BCUT2D eigenvalue weighted by molar-refractivity contribution is 0.415. The Labute approximate surface area is 202 Å². The van der Waals surface area contributed by atoms with Crippen LogP contribution in [0.25, 0.3) is 22.4 Å². The van der Waals surface area contributed by atoms with Gasteiger partial charge in [-0.2, -0.15) is 0 Å². The molecule has 0 amide bonds. The number of phenols is 1. The number of aromatic nitrogens is 3. The molecule has 0 aliphatic heterocycles. The second kappa shape index (κ2) is 9.28. The predicted octanol–water partition coefficient (Wildman–Crippen LogP) is 5.35. The van der Waals surface area contributed by atoms with Gasteiger partial charge in [0.1, 0.15) is 22.8 Å². The minimum atomic E-state index is -0.515. The van der Waals surface area contributed by atoms with Crippen LogP contribution in [-0.2, 0) is 12.3 Å². The fraction of sp³-hybridized carbons (Fsp3) is 0.125. The van der Waals surface area contributed by atoms with Crippen LogP contribution in [0.5, 0.6) is 11.5 Å². The molecule has 0 atom stereocenters. The average molecular weight is 496 g/mol. The lowest BCUT2D eigenvalue weighted by atomic mass is 10.1. The largest absolute Gasteiger partial charge is 0.506 e. The molecule has 1 N–H and O–H groups in total. The van der Waals surface area contributed by atoms with E-state index in [9.17, 15) is 9.90 Å². The Balaban J connectivity index is 1.52. The second-order valence-corrected chi connectivity index (χ2v) is 8.73. The zero-order valence-electron chi connectivity index (χ0n) is 17.9. The van der Waals surface area contributed by atoms with Crippen LogP contribution in [0.15, 0.2) is 79.6 Å². The van der Waals surface area contributed by atoms with Crippen molar-refractivity contribution in [2.45, 2.75) is 17.5 Å². The number of methoxy groups -OCH3 is 1. The van der Waals surface area contributed by atoms with Crippen molar-refractivity contribution >= 4 is 34.3 Å². The number of aromatic hydroxyl groups is 1. The Kier molecular flexibility index (Phi) is 6.04. The van der Waals surface area contributed by atoms with Crippen LogP contribution in [0.2, 0.25) is 5.02 Å². The third-order valence-electron chi connectivity index (χ3n) is 5.19. The molecular formula is C24H18ClN3O5S. The van der Waals surface area contributed by atoms with E-state index >= 15 is 0 Å². The van der Waals surface area contributed by atoms with Crippen LogP contribution >= 0.6 is 23.4 Å². The van der Waals surface area contributed by atoms with Crippen LogP contribution in [0.4, 0.5) is 0 Å². The highest BCUT2D eigenvalue weighted by Crippen LogP contribution is 2.33. The molecule has 0 aliphatic rings. The molecule has 8 nitrogen and oxygen atoms in total. The van der Waals surface area contributed by atoms with Gasteiger partial charge in [-0.15, -0.1) is 10.2 Å². The van der Waals surface area contributed by atoms with Crippen LogP contribution < -0.4 is 10.4 Å². The van der Waals surface area contributed by atoms with E-state index in [-0.39, 0.29) is 16.4 Å². The number of ether oxygens (including phenoxy) is 1. The molecule has 5 aromatic rings. The predicted molar refractivity (Wildman–Crippen MR) is 129 cm³/mol. The standard InChI is InChI=1S/C24H18ClN3O5S/c1-31-16-5-2-4-14(8-16)23-26-27-24(28(23)12-17-6-3-7-32-17)34-13-15-9-22(30)33-21-11-20(29)19(25)10-18(15)21/h2-11,29H,12-13H2,1H3. The summed E-state index contributed by atoms with van der Waals surface area (Å²) >= 11 is 7.50. The number of fused-ring (bicyclic) bond motifs is 1. The van der Waals surface area contributed by atoms with Crippen molar-refractivity contribution < 1.29 is 18.7 Å². The minimum absolute atomic E-state index is 0.150. The summed E-state index contributed by atoms with van der Waals surface area (Å²) in [6.07, 6.45) is 1.62. The third-order valence-corrected chi connectivity index (χ3v) is 6.51. The van der Waals surface area contributed by atoms with Crippen molar-refractivity contribution in [2.24, 2.45) is 0 Å². The van der Waals surface area contributed by atoms with Gasteiger partial charge in [0.15, 0.2) is 11.0 Å². The number of furan rings is 1. The molecule has 0 aliphatic carbocycles. The molecule has 2 aromatic carbocycles. The van der Waals surface area contributed by atoms with Crippen molar-refractivity contribution in [3.05, 3.63) is 87.6 Å². The highest BCUT2D eigenvalue weighted by atomic mass is 35.5. The van der Waals surface area contributed by atoms with E-state index in [0.717, 1.165) is 11.3 Å². The molecule has 34 heavy (non-hydrogen) atoms. The monoisotopic (exact) mass is 495 g/mol. The fourth-order valence-electron chi connectivity index (χ4n) is 3.57. The van der Waals surface area contributed by atoms with Gasteiger partial charge in [-0.1, -0.05) is 35.5 Å². The minimum Gasteiger partial charge on any atom is -0.506 e. The summed E-state index contributed by atoms with van der Waals surface area (Å²) in [4.78, 5) is 12.1. The topological polar surface area (TPSA) is 104 Å². The fourth-order valence-corrected chi connectivity index (χ4v) is 4.66. The highest BCUT2D eigenvalue weighted by Gasteiger charge is 2.18. The van der Waals surface area contributed by atoms with E-state index in [0.29, 0.717) is 40.0 Å². The molecule has 3 aromatic heterocycles. The van der Waals surface area contributed by atoms with Gasteiger partial charge in [-0.05, 0) is 35.9 Å².